The maximum absolute atomic E-state index is 12.3. The molecule has 0 bridgehead atoms. The Morgan fingerprint density at radius 2 is 1.82 bits per heavy atom. The number of aromatic nitrogens is 3. The first-order chi connectivity index (χ1) is 13.5. The van der Waals surface area contributed by atoms with Gasteiger partial charge in [0.1, 0.15) is 12.1 Å². The Bertz CT molecular complexity index is 1040. The zero-order valence-corrected chi connectivity index (χ0v) is 16.1. The fourth-order valence-corrected chi connectivity index (χ4v) is 2.76. The molecule has 142 valence electrons. The van der Waals surface area contributed by atoms with Gasteiger partial charge < -0.3 is 5.32 Å². The van der Waals surface area contributed by atoms with Gasteiger partial charge in [0.15, 0.2) is 0 Å². The summed E-state index contributed by atoms with van der Waals surface area (Å²) >= 11 is 3.28. The van der Waals surface area contributed by atoms with E-state index in [1.807, 2.05) is 0 Å². The number of pyridine rings is 1. The second kappa shape index (κ2) is 8.39. The highest BCUT2D eigenvalue weighted by Crippen LogP contribution is 2.31. The maximum atomic E-state index is 12.3. The van der Waals surface area contributed by atoms with Gasteiger partial charge in [-0.1, -0.05) is 18.2 Å². The fourth-order valence-electron chi connectivity index (χ4n) is 2.29. The maximum Gasteiger partial charge on any atom is 0.355 e. The van der Waals surface area contributed by atoms with Crippen molar-refractivity contribution in [2.24, 2.45) is 0 Å². The van der Waals surface area contributed by atoms with Crippen molar-refractivity contribution in [2.75, 3.05) is 10.7 Å². The Morgan fingerprint density at radius 3 is 2.54 bits per heavy atom. The van der Waals surface area contributed by atoms with E-state index in [0.29, 0.717) is 15.9 Å². The molecule has 0 aliphatic heterocycles. The smallest absolute Gasteiger partial charge is 0.319 e. The number of aryl methyl sites for hydroxylation is 1. The molecule has 0 saturated carbocycles. The van der Waals surface area contributed by atoms with Crippen molar-refractivity contribution in [3.8, 4) is 0 Å². The fraction of sp³-hybridized carbons (Fsp3) is 0.0588. The third-order valence-electron chi connectivity index (χ3n) is 3.66. The predicted octanol–water partition coefficient (Wildman–Crippen LogP) is 3.35. The van der Waals surface area contributed by atoms with Crippen molar-refractivity contribution in [1.29, 1.82) is 0 Å². The largest absolute Gasteiger partial charge is 0.355 e. The number of benzene rings is 1. The van der Waals surface area contributed by atoms with Crippen LogP contribution in [0.15, 0.2) is 53.4 Å². The lowest BCUT2D eigenvalue weighted by atomic mass is 10.2. The van der Waals surface area contributed by atoms with Gasteiger partial charge in [0.05, 0.1) is 10.5 Å². The van der Waals surface area contributed by atoms with Crippen molar-refractivity contribution in [3.63, 3.8) is 0 Å². The summed E-state index contributed by atoms with van der Waals surface area (Å²) in [6.45, 7) is 1.81. The van der Waals surface area contributed by atoms with E-state index >= 15 is 0 Å². The van der Waals surface area contributed by atoms with Crippen LogP contribution in [0, 0.1) is 17.0 Å². The minimum Gasteiger partial charge on any atom is -0.319 e. The quantitative estimate of drug-likeness (QED) is 0.389. The summed E-state index contributed by atoms with van der Waals surface area (Å²) in [6.07, 6.45) is 2.69. The first-order valence-corrected chi connectivity index (χ1v) is 8.75. The van der Waals surface area contributed by atoms with Crippen LogP contribution in [0.5, 0.6) is 0 Å². The average molecular weight is 444 g/mol. The van der Waals surface area contributed by atoms with E-state index in [1.54, 1.807) is 49.5 Å². The van der Waals surface area contributed by atoms with Crippen LogP contribution in [0.2, 0.25) is 0 Å². The molecule has 0 saturated heterocycles. The van der Waals surface area contributed by atoms with Gasteiger partial charge in [-0.2, -0.15) is 0 Å². The van der Waals surface area contributed by atoms with E-state index in [-0.39, 0.29) is 11.6 Å². The normalized spacial score (nSPS) is 10.2. The number of rotatable bonds is 6. The number of hydrazine groups is 1. The molecule has 0 radical (unpaired) electrons. The number of hydrogen-bond acceptors (Lipinski definition) is 8. The minimum atomic E-state index is -0.645. The Labute approximate surface area is 167 Å². The lowest BCUT2D eigenvalue weighted by Crippen LogP contribution is -2.30. The van der Waals surface area contributed by atoms with Gasteiger partial charge in [-0.05, 0) is 46.6 Å². The molecule has 2 aromatic heterocycles. The molecule has 28 heavy (non-hydrogen) atoms. The summed E-state index contributed by atoms with van der Waals surface area (Å²) in [5.74, 6) is -0.293. The Morgan fingerprint density at radius 1 is 1.07 bits per heavy atom. The van der Waals surface area contributed by atoms with Crippen molar-refractivity contribution >= 4 is 45.0 Å². The molecule has 0 spiro atoms. The van der Waals surface area contributed by atoms with Gasteiger partial charge in [-0.15, -0.1) is 0 Å². The van der Waals surface area contributed by atoms with Crippen LogP contribution in [-0.4, -0.2) is 25.8 Å². The number of nitrogens with zero attached hydrogens (tertiary/aromatic N) is 4. The van der Waals surface area contributed by atoms with Gasteiger partial charge in [0.2, 0.25) is 11.6 Å². The highest BCUT2D eigenvalue weighted by molar-refractivity contribution is 9.10. The first-order valence-electron chi connectivity index (χ1n) is 7.96. The van der Waals surface area contributed by atoms with Crippen molar-refractivity contribution in [3.05, 3.63) is 74.6 Å². The topological polar surface area (TPSA) is 135 Å². The van der Waals surface area contributed by atoms with E-state index in [1.165, 1.54) is 0 Å². The number of nitrogens with one attached hydrogen (secondary N) is 3. The van der Waals surface area contributed by atoms with Crippen LogP contribution in [0.4, 0.5) is 23.1 Å². The van der Waals surface area contributed by atoms with E-state index in [2.05, 4.69) is 47.1 Å². The summed E-state index contributed by atoms with van der Waals surface area (Å²) in [5, 5.41) is 14.4. The highest BCUT2D eigenvalue weighted by Gasteiger charge is 2.24. The molecular weight excluding hydrogens is 430 g/mol. The molecule has 10 nitrogen and oxygen atoms in total. The van der Waals surface area contributed by atoms with Crippen molar-refractivity contribution < 1.29 is 9.72 Å². The molecule has 1 aromatic carbocycles. The lowest BCUT2D eigenvalue weighted by molar-refractivity contribution is -0.383. The van der Waals surface area contributed by atoms with Crippen molar-refractivity contribution in [2.45, 2.75) is 6.92 Å². The minimum absolute atomic E-state index is 0.0561. The van der Waals surface area contributed by atoms with Gasteiger partial charge in [0, 0.05) is 10.7 Å². The van der Waals surface area contributed by atoms with Gasteiger partial charge >= 0.3 is 5.69 Å². The van der Waals surface area contributed by atoms with Crippen LogP contribution < -0.4 is 16.2 Å². The van der Waals surface area contributed by atoms with Crippen LogP contribution in [0.3, 0.4) is 0 Å². The summed E-state index contributed by atoms with van der Waals surface area (Å²) in [5.41, 5.74) is 5.59. The van der Waals surface area contributed by atoms with Crippen LogP contribution >= 0.6 is 15.9 Å². The Kier molecular flexibility index (Phi) is 5.75. The van der Waals surface area contributed by atoms with Crippen molar-refractivity contribution in [1.82, 2.24) is 20.4 Å². The molecule has 0 unspecified atom stereocenters. The average Bonchev–Trinajstić information content (AvgIpc) is 2.68. The molecule has 0 fully saturated rings. The first kappa shape index (κ1) is 19.2. The van der Waals surface area contributed by atoms with Crippen LogP contribution in [0.1, 0.15) is 15.9 Å². The zero-order valence-electron chi connectivity index (χ0n) is 14.5. The third kappa shape index (κ3) is 4.20. The Balaban J connectivity index is 1.85. The van der Waals surface area contributed by atoms with Gasteiger partial charge in [-0.3, -0.25) is 25.8 Å². The zero-order chi connectivity index (χ0) is 20.1. The Hall–Kier alpha value is -3.60. The van der Waals surface area contributed by atoms with Crippen LogP contribution in [-0.2, 0) is 0 Å². The lowest BCUT2D eigenvalue weighted by Gasteiger charge is -2.12. The molecule has 3 rings (SSSR count). The van der Waals surface area contributed by atoms with E-state index < -0.39 is 16.5 Å². The predicted molar refractivity (Wildman–Crippen MR) is 106 cm³/mol. The third-order valence-corrected chi connectivity index (χ3v) is 4.36. The summed E-state index contributed by atoms with van der Waals surface area (Å²) in [6, 6.07) is 10.3. The molecule has 3 aromatic rings. The second-order valence-corrected chi connectivity index (χ2v) is 6.38. The van der Waals surface area contributed by atoms with Gasteiger partial charge in [-0.25, -0.2) is 15.0 Å². The SMILES string of the molecule is Cc1cccnc1Nc1ncnc(NNC(=O)c2ccccc2Br)c1[N+](=O)[O-]. The number of hydrogen-bond donors (Lipinski definition) is 3. The van der Waals surface area contributed by atoms with Gasteiger partial charge in [0.25, 0.3) is 5.91 Å². The van der Waals surface area contributed by atoms with Crippen LogP contribution in [0.25, 0.3) is 0 Å². The number of anilines is 3. The number of carbonyl (C=O) groups excluding carboxylic acids is 1. The molecule has 2 heterocycles. The number of amides is 1. The molecular formula is C17H14BrN7O3. The number of carbonyl (C=O) groups is 1. The van der Waals surface area contributed by atoms with E-state index in [0.717, 1.165) is 11.9 Å². The molecule has 0 aliphatic rings. The molecule has 0 atom stereocenters. The number of halogens is 1. The summed E-state index contributed by atoms with van der Waals surface area (Å²) in [7, 11) is 0. The monoisotopic (exact) mass is 443 g/mol. The van der Waals surface area contributed by atoms with E-state index in [9.17, 15) is 14.9 Å². The summed E-state index contributed by atoms with van der Waals surface area (Å²) in [4.78, 5) is 35.2. The standard InChI is InChI=1S/C17H14BrN7O3/c1-10-5-4-8-19-14(10)22-15-13(25(27)28)16(21-9-20-15)23-24-17(26)11-6-2-3-7-12(11)18/h2-9H,1H3,(H,24,26)(H2,19,20,21,22,23). The second-order valence-electron chi connectivity index (χ2n) is 5.53. The molecule has 0 aliphatic carbocycles. The molecule has 11 heteroatoms. The van der Waals surface area contributed by atoms with E-state index in [4.69, 9.17) is 0 Å². The highest BCUT2D eigenvalue weighted by atomic mass is 79.9. The number of nitro groups is 1. The molecule has 3 N–H and O–H groups in total. The molecule has 1 amide bonds. The summed E-state index contributed by atoms with van der Waals surface area (Å²) < 4.78 is 0.583.